The highest BCUT2D eigenvalue weighted by Gasteiger charge is 2.26. The fourth-order valence-corrected chi connectivity index (χ4v) is 13.3. The van der Waals surface area contributed by atoms with Crippen LogP contribution in [0.2, 0.25) is 39.3 Å². The van der Waals surface area contributed by atoms with Gasteiger partial charge in [-0.1, -0.05) is 207 Å². The number of para-hydroxylation sites is 2. The highest BCUT2D eigenvalue weighted by molar-refractivity contribution is 7.99. The third kappa shape index (κ3) is 8.01. The minimum atomic E-state index is -1.50. The van der Waals surface area contributed by atoms with Gasteiger partial charge < -0.3 is 9.80 Å². The van der Waals surface area contributed by atoms with E-state index in [9.17, 15) is 0 Å². The third-order valence-electron chi connectivity index (χ3n) is 13.4. The molecule has 10 aromatic rings. The molecule has 1 heterocycles. The monoisotopic (exact) mass is 914 g/mol. The maximum atomic E-state index is 2.46. The molecule has 0 spiro atoms. The maximum Gasteiger partial charge on any atom is 0.0775 e. The van der Waals surface area contributed by atoms with E-state index in [0.717, 1.165) is 34.1 Å². The van der Waals surface area contributed by atoms with Crippen LogP contribution in [0.15, 0.2) is 228 Å². The first-order valence-corrected chi connectivity index (χ1v) is 31.2. The van der Waals surface area contributed by atoms with Gasteiger partial charge in [-0.2, -0.15) is 0 Å². The standard InChI is InChI=1S/C62H54N2SSi2/c1-66(2,3)50-35-30-46(31-36-50)63(58-25-15-13-22-52(58)43-18-9-7-10-19-43)48-29-28-45-40-57-54-39-34-49(42-61(54)65-60-27-17-24-55(62(57)60)56(45)41-48)64(47-32-37-51(38-33-47)67(4,5)6)59-26-16-14-23-53(59)44-20-11-8-12-21-44/h7-42H,1-6H3. The summed E-state index contributed by atoms with van der Waals surface area (Å²) in [5.74, 6) is 0. The molecular weight excluding hydrogens is 861 g/mol. The smallest absolute Gasteiger partial charge is 0.0775 e. The first-order chi connectivity index (χ1) is 32.5. The normalized spacial score (nSPS) is 12.3. The lowest BCUT2D eigenvalue weighted by atomic mass is 9.92. The molecule has 10 aromatic carbocycles. The van der Waals surface area contributed by atoms with Crippen LogP contribution in [-0.2, 0) is 0 Å². The number of rotatable bonds is 10. The zero-order valence-corrected chi connectivity index (χ0v) is 41.9. The predicted octanol–water partition coefficient (Wildman–Crippen LogP) is 17.5. The number of hydrogen-bond acceptors (Lipinski definition) is 3. The van der Waals surface area contributed by atoms with Crippen molar-refractivity contribution in [1.82, 2.24) is 0 Å². The number of anilines is 6. The number of hydrogen-bond donors (Lipinski definition) is 0. The molecule has 11 rings (SSSR count). The minimum absolute atomic E-state index is 1.14. The van der Waals surface area contributed by atoms with Crippen LogP contribution in [0.5, 0.6) is 0 Å². The van der Waals surface area contributed by atoms with Crippen LogP contribution < -0.4 is 20.2 Å². The summed E-state index contributed by atoms with van der Waals surface area (Å²) in [6.45, 7) is 14.5. The largest absolute Gasteiger partial charge is 0.310 e. The Morgan fingerprint density at radius 2 is 0.806 bits per heavy atom. The van der Waals surface area contributed by atoms with Crippen LogP contribution in [0, 0.1) is 0 Å². The van der Waals surface area contributed by atoms with Gasteiger partial charge in [0.1, 0.15) is 0 Å². The van der Waals surface area contributed by atoms with E-state index in [0.29, 0.717) is 0 Å². The van der Waals surface area contributed by atoms with Gasteiger partial charge in [0.05, 0.1) is 27.5 Å². The van der Waals surface area contributed by atoms with Crippen LogP contribution in [0.4, 0.5) is 34.1 Å². The molecular formula is C62H54N2SSi2. The Balaban J connectivity index is 1.05. The third-order valence-corrected chi connectivity index (χ3v) is 18.6. The van der Waals surface area contributed by atoms with Crippen LogP contribution >= 0.6 is 11.8 Å². The van der Waals surface area contributed by atoms with Crippen LogP contribution in [0.1, 0.15) is 0 Å². The molecule has 0 saturated heterocycles. The van der Waals surface area contributed by atoms with Crippen molar-refractivity contribution in [3.05, 3.63) is 218 Å². The highest BCUT2D eigenvalue weighted by atomic mass is 32.2. The lowest BCUT2D eigenvalue weighted by Crippen LogP contribution is -2.37. The summed E-state index contributed by atoms with van der Waals surface area (Å²) >= 11 is 1.89. The van der Waals surface area contributed by atoms with Gasteiger partial charge in [-0.05, 0) is 111 Å². The van der Waals surface area contributed by atoms with E-state index < -0.39 is 16.1 Å². The summed E-state index contributed by atoms with van der Waals surface area (Å²) in [5.41, 5.74) is 14.3. The van der Waals surface area contributed by atoms with Crippen molar-refractivity contribution in [2.24, 2.45) is 0 Å². The Labute approximate surface area is 402 Å². The first kappa shape index (κ1) is 42.7. The second-order valence-electron chi connectivity index (χ2n) is 19.8. The SMILES string of the molecule is C[Si](C)(C)c1ccc(N(c2ccc3c(c2)Sc2cccc4c2c-3cc2ccc(N(c3ccc([Si](C)(C)C)cc3)c3ccccc3-c3ccccc3)cc24)c2ccccc2-c2ccccc2)cc1. The molecule has 0 unspecified atom stereocenters. The summed E-state index contributed by atoms with van der Waals surface area (Å²) < 4.78 is 0. The molecule has 326 valence electrons. The number of nitrogens with zero attached hydrogens (tertiary/aromatic N) is 2. The fraction of sp³-hybridized carbons (Fsp3) is 0.0968. The Bertz CT molecular complexity index is 3450. The van der Waals surface area contributed by atoms with E-state index in [2.05, 4.69) is 267 Å². The minimum Gasteiger partial charge on any atom is -0.310 e. The van der Waals surface area contributed by atoms with Crippen molar-refractivity contribution in [3.63, 3.8) is 0 Å². The van der Waals surface area contributed by atoms with Crippen LogP contribution in [0.25, 0.3) is 54.9 Å². The van der Waals surface area contributed by atoms with E-state index in [4.69, 9.17) is 0 Å². The molecule has 5 heteroatoms. The Kier molecular flexibility index (Phi) is 10.9. The summed E-state index contributed by atoms with van der Waals surface area (Å²) in [7, 11) is -2.99. The maximum absolute atomic E-state index is 2.46. The fourth-order valence-electron chi connectivity index (χ4n) is 9.81. The molecule has 0 N–H and O–H groups in total. The molecule has 0 radical (unpaired) electrons. The molecule has 2 nitrogen and oxygen atoms in total. The summed E-state index contributed by atoms with van der Waals surface area (Å²) in [4.78, 5) is 7.46. The summed E-state index contributed by atoms with van der Waals surface area (Å²) in [6.07, 6.45) is 0. The first-order valence-electron chi connectivity index (χ1n) is 23.4. The van der Waals surface area contributed by atoms with Crippen molar-refractivity contribution >= 4 is 94.0 Å². The van der Waals surface area contributed by atoms with Crippen molar-refractivity contribution in [3.8, 4) is 33.4 Å². The predicted molar refractivity (Wildman–Crippen MR) is 297 cm³/mol. The number of benzene rings is 10. The summed E-state index contributed by atoms with van der Waals surface area (Å²) in [5, 5.41) is 8.00. The van der Waals surface area contributed by atoms with Gasteiger partial charge in [-0.15, -0.1) is 0 Å². The second kappa shape index (κ2) is 17.1. The summed E-state index contributed by atoms with van der Waals surface area (Å²) in [6, 6.07) is 81.4. The van der Waals surface area contributed by atoms with Crippen molar-refractivity contribution in [1.29, 1.82) is 0 Å². The van der Waals surface area contributed by atoms with E-state index in [1.54, 1.807) is 0 Å². The molecule has 0 aromatic heterocycles. The van der Waals surface area contributed by atoms with Gasteiger partial charge in [-0.25, -0.2) is 0 Å². The average Bonchev–Trinajstić information content (AvgIpc) is 3.35. The van der Waals surface area contributed by atoms with Crippen molar-refractivity contribution in [2.45, 2.75) is 49.1 Å². The lowest BCUT2D eigenvalue weighted by Gasteiger charge is -2.30. The quantitative estimate of drug-likeness (QED) is 0.0997. The highest BCUT2D eigenvalue weighted by Crippen LogP contribution is 2.53. The van der Waals surface area contributed by atoms with Gasteiger partial charge in [0.15, 0.2) is 0 Å². The average molecular weight is 915 g/mol. The van der Waals surface area contributed by atoms with Gasteiger partial charge >= 0.3 is 0 Å². The zero-order valence-electron chi connectivity index (χ0n) is 39.1. The molecule has 1 aliphatic heterocycles. The number of fused-ring (bicyclic) bond motifs is 4. The second-order valence-corrected chi connectivity index (χ2v) is 31.1. The van der Waals surface area contributed by atoms with Crippen LogP contribution in [0.3, 0.4) is 0 Å². The van der Waals surface area contributed by atoms with Gasteiger partial charge in [0.2, 0.25) is 0 Å². The van der Waals surface area contributed by atoms with Gasteiger partial charge in [0, 0.05) is 49.1 Å². The van der Waals surface area contributed by atoms with Gasteiger partial charge in [0.25, 0.3) is 0 Å². The van der Waals surface area contributed by atoms with E-state index in [-0.39, 0.29) is 0 Å². The Morgan fingerprint density at radius 3 is 1.34 bits per heavy atom. The molecule has 0 bridgehead atoms. The van der Waals surface area contributed by atoms with Crippen LogP contribution in [-0.4, -0.2) is 16.1 Å². The molecule has 1 aliphatic rings. The van der Waals surface area contributed by atoms with E-state index in [1.807, 2.05) is 11.8 Å². The molecule has 0 aliphatic carbocycles. The Hall–Kier alpha value is -6.90. The van der Waals surface area contributed by atoms with E-state index in [1.165, 1.54) is 75.1 Å². The zero-order chi connectivity index (χ0) is 45.9. The lowest BCUT2D eigenvalue weighted by molar-refractivity contribution is 1.26. The van der Waals surface area contributed by atoms with E-state index >= 15 is 0 Å². The molecule has 0 saturated carbocycles. The Morgan fingerprint density at radius 1 is 0.328 bits per heavy atom. The topological polar surface area (TPSA) is 6.48 Å². The molecule has 0 atom stereocenters. The van der Waals surface area contributed by atoms with Gasteiger partial charge in [-0.3, -0.25) is 0 Å². The van der Waals surface area contributed by atoms with Crippen molar-refractivity contribution in [2.75, 3.05) is 9.80 Å². The molecule has 0 fully saturated rings. The molecule has 0 amide bonds. The van der Waals surface area contributed by atoms with Crippen molar-refractivity contribution < 1.29 is 0 Å². The molecule has 67 heavy (non-hydrogen) atoms.